The molecule has 1 aromatic carbocycles. The average Bonchev–Trinajstić information content (AvgIpc) is 2.62. The van der Waals surface area contributed by atoms with Gasteiger partial charge in [0, 0.05) is 12.5 Å². The zero-order valence-electron chi connectivity index (χ0n) is 8.67. The third kappa shape index (κ3) is 2.10. The maximum atomic E-state index is 12.7. The minimum absolute atomic E-state index is 0.290. The molecule has 2 nitrogen and oxygen atoms in total. The topological polar surface area (TPSA) is 26.0 Å². The molecule has 0 amide bonds. The number of rotatable bonds is 1. The van der Waals surface area contributed by atoms with E-state index in [2.05, 4.69) is 4.98 Å². The van der Waals surface area contributed by atoms with Crippen LogP contribution in [0.2, 0.25) is 0 Å². The smallest absolute Gasteiger partial charge is 0.195 e. The van der Waals surface area contributed by atoms with Gasteiger partial charge in [0.05, 0.1) is 0 Å². The van der Waals surface area contributed by atoms with Crippen molar-refractivity contribution in [3.05, 3.63) is 29.9 Å². The summed E-state index contributed by atoms with van der Waals surface area (Å²) < 4.78 is 17.9. The maximum Gasteiger partial charge on any atom is 0.195 e. The predicted octanol–water partition coefficient (Wildman–Crippen LogP) is 3.56. The third-order valence-corrected chi connectivity index (χ3v) is 1.70. The molecule has 2 aromatic rings. The number of fused-ring (bicyclic) bond motifs is 1. The van der Waals surface area contributed by atoms with Crippen molar-refractivity contribution in [1.29, 1.82) is 0 Å². The molecule has 0 saturated carbocycles. The minimum Gasteiger partial charge on any atom is -0.441 e. The van der Waals surface area contributed by atoms with Gasteiger partial charge in [-0.25, -0.2) is 9.37 Å². The van der Waals surface area contributed by atoms with Crippen molar-refractivity contribution in [3.63, 3.8) is 0 Å². The molecule has 0 saturated heterocycles. The molecule has 76 valence electrons. The molecule has 0 spiro atoms. The molecule has 0 atom stereocenters. The summed E-state index contributed by atoms with van der Waals surface area (Å²) in [6, 6.07) is 4.35. The Kier molecular flexibility index (Phi) is 3.63. The minimum atomic E-state index is -0.290. The second kappa shape index (κ2) is 4.74. The fraction of sp³-hybridized carbons (Fsp3) is 0.364. The Hall–Kier alpha value is -1.38. The van der Waals surface area contributed by atoms with Crippen molar-refractivity contribution < 1.29 is 8.81 Å². The lowest BCUT2D eigenvalue weighted by Gasteiger charge is -1.84. The monoisotopic (exact) mass is 195 g/mol. The summed E-state index contributed by atoms with van der Waals surface area (Å²) in [5, 5.41) is 0. The lowest BCUT2D eigenvalue weighted by molar-refractivity contribution is 0.534. The van der Waals surface area contributed by atoms with Crippen LogP contribution in [0.4, 0.5) is 4.39 Å². The fourth-order valence-corrected chi connectivity index (χ4v) is 1.10. The summed E-state index contributed by atoms with van der Waals surface area (Å²) in [5.74, 6) is 0.358. The van der Waals surface area contributed by atoms with E-state index in [4.69, 9.17) is 4.42 Å². The van der Waals surface area contributed by atoms with Crippen LogP contribution in [0.25, 0.3) is 11.1 Å². The van der Waals surface area contributed by atoms with Crippen molar-refractivity contribution in [3.8, 4) is 0 Å². The van der Waals surface area contributed by atoms with Crippen molar-refractivity contribution in [1.82, 2.24) is 4.98 Å². The highest BCUT2D eigenvalue weighted by Gasteiger charge is 2.03. The SMILES string of the molecule is CC.CCc1nc2ccc(F)cc2o1. The van der Waals surface area contributed by atoms with Gasteiger partial charge >= 0.3 is 0 Å². The van der Waals surface area contributed by atoms with Gasteiger partial charge in [0.1, 0.15) is 11.3 Å². The molecule has 0 N–H and O–H groups in total. The van der Waals surface area contributed by atoms with Crippen LogP contribution in [0.15, 0.2) is 22.6 Å². The maximum absolute atomic E-state index is 12.7. The predicted molar refractivity (Wildman–Crippen MR) is 54.7 cm³/mol. The van der Waals surface area contributed by atoms with Gasteiger partial charge in [-0.2, -0.15) is 0 Å². The molecule has 0 aliphatic heterocycles. The van der Waals surface area contributed by atoms with Crippen molar-refractivity contribution in [2.45, 2.75) is 27.2 Å². The standard InChI is InChI=1S/C9H8FNO.C2H6/c1-2-9-11-7-4-3-6(10)5-8(7)12-9;1-2/h3-5H,2H2,1H3;1-2H3. The third-order valence-electron chi connectivity index (χ3n) is 1.70. The van der Waals surface area contributed by atoms with Gasteiger partial charge in [-0.3, -0.25) is 0 Å². The quantitative estimate of drug-likeness (QED) is 0.695. The van der Waals surface area contributed by atoms with Crippen LogP contribution >= 0.6 is 0 Å². The molecule has 3 heteroatoms. The first-order valence-electron chi connectivity index (χ1n) is 4.84. The van der Waals surface area contributed by atoms with E-state index in [1.807, 2.05) is 20.8 Å². The summed E-state index contributed by atoms with van der Waals surface area (Å²) >= 11 is 0. The second-order valence-electron chi connectivity index (χ2n) is 2.57. The van der Waals surface area contributed by atoms with Gasteiger partial charge in [-0.1, -0.05) is 20.8 Å². The van der Waals surface area contributed by atoms with Crippen molar-refractivity contribution in [2.24, 2.45) is 0 Å². The lowest BCUT2D eigenvalue weighted by Crippen LogP contribution is -1.75. The van der Waals surface area contributed by atoms with Crippen LogP contribution in [-0.2, 0) is 6.42 Å². The lowest BCUT2D eigenvalue weighted by atomic mass is 10.3. The Morgan fingerprint density at radius 2 is 2.07 bits per heavy atom. The Labute approximate surface area is 82.8 Å². The number of aryl methyl sites for hydroxylation is 1. The normalized spacial score (nSPS) is 9.71. The van der Waals surface area contributed by atoms with E-state index in [0.29, 0.717) is 17.0 Å². The van der Waals surface area contributed by atoms with Gasteiger partial charge in [0.15, 0.2) is 11.5 Å². The van der Waals surface area contributed by atoms with E-state index in [0.717, 1.165) is 6.42 Å². The van der Waals surface area contributed by atoms with Crippen LogP contribution in [0, 0.1) is 5.82 Å². The van der Waals surface area contributed by atoms with E-state index < -0.39 is 0 Å². The van der Waals surface area contributed by atoms with Crippen LogP contribution < -0.4 is 0 Å². The van der Waals surface area contributed by atoms with Crippen molar-refractivity contribution in [2.75, 3.05) is 0 Å². The number of halogens is 1. The van der Waals surface area contributed by atoms with E-state index in [9.17, 15) is 4.39 Å². The summed E-state index contributed by atoms with van der Waals surface area (Å²) in [5.41, 5.74) is 1.24. The van der Waals surface area contributed by atoms with Gasteiger partial charge in [0.25, 0.3) is 0 Å². The van der Waals surface area contributed by atoms with Gasteiger partial charge in [0.2, 0.25) is 0 Å². The number of nitrogens with zero attached hydrogens (tertiary/aromatic N) is 1. The highest BCUT2D eigenvalue weighted by atomic mass is 19.1. The Bertz CT molecular complexity index is 409. The van der Waals surface area contributed by atoms with Crippen LogP contribution in [0.3, 0.4) is 0 Å². The van der Waals surface area contributed by atoms with Gasteiger partial charge in [-0.15, -0.1) is 0 Å². The zero-order valence-corrected chi connectivity index (χ0v) is 8.67. The Balaban J connectivity index is 0.000000461. The largest absolute Gasteiger partial charge is 0.441 e. The molecule has 14 heavy (non-hydrogen) atoms. The van der Waals surface area contributed by atoms with Crippen molar-refractivity contribution >= 4 is 11.1 Å². The first-order chi connectivity index (χ1) is 6.79. The molecule has 0 fully saturated rings. The summed E-state index contributed by atoms with van der Waals surface area (Å²) in [7, 11) is 0. The van der Waals surface area contributed by atoms with Crippen LogP contribution in [-0.4, -0.2) is 4.98 Å². The second-order valence-corrected chi connectivity index (χ2v) is 2.57. The average molecular weight is 195 g/mol. The number of hydrogen-bond acceptors (Lipinski definition) is 2. The highest BCUT2D eigenvalue weighted by molar-refractivity contribution is 5.72. The zero-order chi connectivity index (χ0) is 10.6. The molecule has 1 aromatic heterocycles. The number of aromatic nitrogens is 1. The van der Waals surface area contributed by atoms with Crippen LogP contribution in [0.1, 0.15) is 26.7 Å². The summed E-state index contributed by atoms with van der Waals surface area (Å²) in [6.07, 6.45) is 0.732. The Morgan fingerprint density at radius 3 is 2.71 bits per heavy atom. The molecule has 2 rings (SSSR count). The molecule has 0 unspecified atom stereocenters. The molecular formula is C11H14FNO. The van der Waals surface area contributed by atoms with Crippen LogP contribution in [0.5, 0.6) is 0 Å². The molecule has 0 radical (unpaired) electrons. The van der Waals surface area contributed by atoms with Gasteiger partial charge in [-0.05, 0) is 12.1 Å². The molecule has 0 aliphatic rings. The molecule has 1 heterocycles. The van der Waals surface area contributed by atoms with E-state index >= 15 is 0 Å². The van der Waals surface area contributed by atoms with E-state index in [-0.39, 0.29) is 5.82 Å². The molecule has 0 bridgehead atoms. The van der Waals surface area contributed by atoms with E-state index in [1.165, 1.54) is 12.1 Å². The first-order valence-corrected chi connectivity index (χ1v) is 4.84. The fourth-order valence-electron chi connectivity index (χ4n) is 1.10. The number of oxazole rings is 1. The van der Waals surface area contributed by atoms with E-state index in [1.54, 1.807) is 6.07 Å². The molecule has 0 aliphatic carbocycles. The summed E-state index contributed by atoms with van der Waals surface area (Å²) in [4.78, 5) is 4.14. The first kappa shape index (κ1) is 10.7. The van der Waals surface area contributed by atoms with Gasteiger partial charge < -0.3 is 4.42 Å². The highest BCUT2D eigenvalue weighted by Crippen LogP contribution is 2.16. The number of hydrogen-bond donors (Lipinski definition) is 0. The summed E-state index contributed by atoms with van der Waals surface area (Å²) in [6.45, 7) is 5.95. The number of benzene rings is 1. The Morgan fingerprint density at radius 1 is 1.36 bits per heavy atom. The molecular weight excluding hydrogens is 181 g/mol.